The lowest BCUT2D eigenvalue weighted by molar-refractivity contribution is 0.315. The molecular weight excluding hydrogens is 117 g/mol. The van der Waals surface area contributed by atoms with E-state index in [-0.39, 0.29) is 6.67 Å². The highest BCUT2D eigenvalue weighted by Crippen LogP contribution is 2.51. The summed E-state index contributed by atoms with van der Waals surface area (Å²) in [6, 6.07) is 0. The molecule has 1 aliphatic carbocycles. The van der Waals surface area contributed by atoms with Crippen molar-refractivity contribution in [1.82, 2.24) is 4.90 Å². The van der Waals surface area contributed by atoms with Gasteiger partial charge in [0.15, 0.2) is 0 Å². The lowest BCUT2D eigenvalue weighted by Gasteiger charge is -2.10. The topological polar surface area (TPSA) is 3.24 Å². The molecule has 1 saturated carbocycles. The molecule has 0 bridgehead atoms. The van der Waals surface area contributed by atoms with Crippen molar-refractivity contribution >= 4 is 0 Å². The third-order valence-corrected chi connectivity index (χ3v) is 2.73. The predicted molar refractivity (Wildman–Crippen MR) is 33.9 cm³/mol. The predicted octanol–water partition coefficient (Wildman–Crippen LogP) is 0.763. The van der Waals surface area contributed by atoms with Crippen LogP contribution < -0.4 is 0 Å². The van der Waals surface area contributed by atoms with E-state index in [1.807, 2.05) is 0 Å². The number of piperidine rings is 1. The number of hydrogen-bond acceptors (Lipinski definition) is 1. The summed E-state index contributed by atoms with van der Waals surface area (Å²) >= 11 is 0. The first-order valence-electron chi connectivity index (χ1n) is 3.57. The summed E-state index contributed by atoms with van der Waals surface area (Å²) in [5.41, 5.74) is 0. The Morgan fingerprint density at radius 3 is 2.44 bits per heavy atom. The van der Waals surface area contributed by atoms with Crippen molar-refractivity contribution in [3.05, 3.63) is 0 Å². The maximum atomic E-state index is 12.0. The summed E-state index contributed by atoms with van der Waals surface area (Å²) in [6.07, 6.45) is 0. The van der Waals surface area contributed by atoms with E-state index in [1.165, 1.54) is 0 Å². The fraction of sp³-hybridized carbons (Fsp3) is 1.00. The zero-order valence-corrected chi connectivity index (χ0v) is 5.68. The summed E-state index contributed by atoms with van der Waals surface area (Å²) in [7, 11) is 2.11. The second-order valence-corrected chi connectivity index (χ2v) is 3.37. The smallest absolute Gasteiger partial charge is 0.0929 e. The second kappa shape index (κ2) is 1.69. The fourth-order valence-corrected chi connectivity index (χ4v) is 2.09. The maximum Gasteiger partial charge on any atom is 0.0929 e. The van der Waals surface area contributed by atoms with Crippen molar-refractivity contribution in [3.8, 4) is 0 Å². The number of nitrogens with zero attached hydrogens (tertiary/aromatic N) is 1. The first-order valence-corrected chi connectivity index (χ1v) is 3.57. The van der Waals surface area contributed by atoms with Crippen LogP contribution in [0.2, 0.25) is 0 Å². The molecule has 1 aliphatic heterocycles. The van der Waals surface area contributed by atoms with Crippen LogP contribution in [0.25, 0.3) is 0 Å². The Balaban J connectivity index is 1.91. The normalized spacial score (nSPS) is 49.3. The molecule has 0 N–H and O–H groups in total. The van der Waals surface area contributed by atoms with Gasteiger partial charge in [0.05, 0.1) is 6.67 Å². The van der Waals surface area contributed by atoms with Gasteiger partial charge in [0, 0.05) is 13.1 Å². The van der Waals surface area contributed by atoms with Gasteiger partial charge in [-0.1, -0.05) is 0 Å². The Bertz CT molecular complexity index is 114. The lowest BCUT2D eigenvalue weighted by Crippen LogP contribution is -2.19. The highest BCUT2D eigenvalue weighted by molar-refractivity contribution is 5.03. The highest BCUT2D eigenvalue weighted by Gasteiger charge is 2.54. The SMILES string of the molecule is CN1C[C@@H]2[C@H](CF)[C@@H]2C1. The quantitative estimate of drug-likeness (QED) is 0.505. The Kier molecular flexibility index (Phi) is 1.06. The summed E-state index contributed by atoms with van der Waals surface area (Å²) in [5, 5.41) is 0. The minimum absolute atomic E-state index is 0.0802. The Morgan fingerprint density at radius 2 is 2.00 bits per heavy atom. The number of alkyl halides is 1. The molecule has 3 atom stereocenters. The molecule has 0 unspecified atom stereocenters. The summed E-state index contributed by atoms with van der Waals surface area (Å²) in [4.78, 5) is 2.29. The largest absolute Gasteiger partial charge is 0.306 e. The number of rotatable bonds is 1. The highest BCUT2D eigenvalue weighted by atomic mass is 19.1. The van der Waals surface area contributed by atoms with E-state index in [0.29, 0.717) is 5.92 Å². The molecule has 1 nitrogen and oxygen atoms in total. The molecule has 0 aromatic rings. The molecule has 9 heavy (non-hydrogen) atoms. The molecule has 1 heterocycles. The van der Waals surface area contributed by atoms with Gasteiger partial charge in [0.25, 0.3) is 0 Å². The van der Waals surface area contributed by atoms with E-state index in [1.54, 1.807) is 0 Å². The number of hydrogen-bond donors (Lipinski definition) is 0. The van der Waals surface area contributed by atoms with Gasteiger partial charge in [-0.05, 0) is 24.8 Å². The summed E-state index contributed by atoms with van der Waals surface area (Å²) < 4.78 is 12.0. The van der Waals surface area contributed by atoms with Crippen molar-refractivity contribution in [2.75, 3.05) is 26.8 Å². The van der Waals surface area contributed by atoms with Gasteiger partial charge in [-0.2, -0.15) is 0 Å². The Hall–Kier alpha value is -0.110. The van der Waals surface area contributed by atoms with E-state index < -0.39 is 0 Å². The Morgan fingerprint density at radius 1 is 1.44 bits per heavy atom. The van der Waals surface area contributed by atoms with E-state index in [0.717, 1.165) is 24.9 Å². The van der Waals surface area contributed by atoms with Gasteiger partial charge in [0.1, 0.15) is 0 Å². The summed E-state index contributed by atoms with van der Waals surface area (Å²) in [5.74, 6) is 1.89. The fourth-order valence-electron chi connectivity index (χ4n) is 2.09. The minimum atomic E-state index is -0.0802. The van der Waals surface area contributed by atoms with Crippen LogP contribution >= 0.6 is 0 Å². The summed E-state index contributed by atoms with van der Waals surface area (Å²) in [6.45, 7) is 2.20. The molecule has 1 saturated heterocycles. The van der Waals surface area contributed by atoms with E-state index in [2.05, 4.69) is 11.9 Å². The minimum Gasteiger partial charge on any atom is -0.306 e. The first-order chi connectivity index (χ1) is 4.33. The van der Waals surface area contributed by atoms with Crippen LogP contribution in [0.5, 0.6) is 0 Å². The van der Waals surface area contributed by atoms with Crippen LogP contribution in [0.1, 0.15) is 0 Å². The number of halogens is 1. The molecule has 0 amide bonds. The third kappa shape index (κ3) is 0.692. The van der Waals surface area contributed by atoms with E-state index >= 15 is 0 Å². The van der Waals surface area contributed by atoms with Crippen molar-refractivity contribution < 1.29 is 4.39 Å². The Labute approximate surface area is 54.8 Å². The average molecular weight is 129 g/mol. The van der Waals surface area contributed by atoms with E-state index in [4.69, 9.17) is 0 Å². The van der Waals surface area contributed by atoms with Crippen molar-refractivity contribution in [3.63, 3.8) is 0 Å². The monoisotopic (exact) mass is 129 g/mol. The van der Waals surface area contributed by atoms with Crippen LogP contribution in [-0.2, 0) is 0 Å². The zero-order valence-electron chi connectivity index (χ0n) is 5.68. The van der Waals surface area contributed by atoms with Gasteiger partial charge in [0.2, 0.25) is 0 Å². The molecule has 2 heteroatoms. The van der Waals surface area contributed by atoms with Gasteiger partial charge in [-0.3, -0.25) is 4.39 Å². The molecule has 0 spiro atoms. The zero-order chi connectivity index (χ0) is 6.43. The molecule has 0 aromatic carbocycles. The van der Waals surface area contributed by atoms with Gasteiger partial charge < -0.3 is 4.90 Å². The molecule has 2 fully saturated rings. The standard InChI is InChI=1S/C7H12FN/c1-9-3-6-5(2-8)7(6)4-9/h5-7H,2-4H2,1H3/t5-,6+,7-. The third-order valence-electron chi connectivity index (χ3n) is 2.73. The molecule has 2 aliphatic rings. The van der Waals surface area contributed by atoms with Gasteiger partial charge in [-0.15, -0.1) is 0 Å². The molecule has 0 aromatic heterocycles. The maximum absolute atomic E-state index is 12.0. The van der Waals surface area contributed by atoms with Gasteiger partial charge >= 0.3 is 0 Å². The van der Waals surface area contributed by atoms with Crippen LogP contribution in [0, 0.1) is 17.8 Å². The molecule has 0 radical (unpaired) electrons. The number of fused-ring (bicyclic) bond motifs is 1. The van der Waals surface area contributed by atoms with Crippen molar-refractivity contribution in [2.24, 2.45) is 17.8 Å². The molecule has 52 valence electrons. The molecule has 2 rings (SSSR count). The first kappa shape index (κ1) is 5.66. The van der Waals surface area contributed by atoms with Crippen LogP contribution in [0.15, 0.2) is 0 Å². The second-order valence-electron chi connectivity index (χ2n) is 3.37. The van der Waals surface area contributed by atoms with Gasteiger partial charge in [-0.25, -0.2) is 0 Å². The van der Waals surface area contributed by atoms with Crippen molar-refractivity contribution in [1.29, 1.82) is 0 Å². The van der Waals surface area contributed by atoms with E-state index in [9.17, 15) is 4.39 Å². The van der Waals surface area contributed by atoms with Crippen molar-refractivity contribution in [2.45, 2.75) is 0 Å². The van der Waals surface area contributed by atoms with Crippen LogP contribution in [-0.4, -0.2) is 31.7 Å². The van der Waals surface area contributed by atoms with Crippen LogP contribution in [0.4, 0.5) is 4.39 Å². The van der Waals surface area contributed by atoms with Crippen LogP contribution in [0.3, 0.4) is 0 Å². The average Bonchev–Trinajstić information content (AvgIpc) is 2.30. The lowest BCUT2D eigenvalue weighted by atomic mass is 10.3. The molecular formula is C7H12FN. The number of likely N-dealkylation sites (tertiary alicyclic amines) is 1.